The lowest BCUT2D eigenvalue weighted by molar-refractivity contribution is 0.574. The van der Waals surface area contributed by atoms with E-state index in [1.807, 2.05) is 18.2 Å². The number of benzene rings is 1. The van der Waals surface area contributed by atoms with E-state index >= 15 is 0 Å². The summed E-state index contributed by atoms with van der Waals surface area (Å²) in [7, 11) is -2.13. The van der Waals surface area contributed by atoms with Gasteiger partial charge in [0.15, 0.2) is 0 Å². The van der Waals surface area contributed by atoms with Crippen molar-refractivity contribution in [2.24, 2.45) is 0 Å². The van der Waals surface area contributed by atoms with Crippen molar-refractivity contribution >= 4 is 12.4 Å². The Bertz CT molecular complexity index is 345. The van der Waals surface area contributed by atoms with E-state index in [2.05, 4.69) is 26.0 Å². The van der Waals surface area contributed by atoms with Crippen molar-refractivity contribution in [2.75, 3.05) is 12.3 Å². The first-order valence-electron chi connectivity index (χ1n) is 7.36. The molecule has 0 aliphatic rings. The third kappa shape index (κ3) is 4.98. The molecule has 0 aliphatic heterocycles. The van der Waals surface area contributed by atoms with Crippen molar-refractivity contribution in [3.63, 3.8) is 0 Å². The lowest BCUT2D eigenvalue weighted by atomic mass is 10.3. The monoisotopic (exact) mass is 266 g/mol. The predicted octanol–water partition coefficient (Wildman–Crippen LogP) is 5.06. The van der Waals surface area contributed by atoms with Crippen LogP contribution in [0.25, 0.3) is 0 Å². The Morgan fingerprint density at radius 2 is 1.33 bits per heavy atom. The van der Waals surface area contributed by atoms with Crippen molar-refractivity contribution in [1.82, 2.24) is 0 Å². The molecule has 102 valence electrons. The molecule has 0 aliphatic carbocycles. The van der Waals surface area contributed by atoms with Crippen LogP contribution in [0, 0.1) is 0 Å². The minimum atomic E-state index is -2.13. The first-order chi connectivity index (χ1) is 8.73. The Hall–Kier alpha value is -0.550. The molecule has 0 radical (unpaired) electrons. The summed E-state index contributed by atoms with van der Waals surface area (Å²) in [5.41, 5.74) is 0. The van der Waals surface area contributed by atoms with Gasteiger partial charge in [-0.3, -0.25) is 0 Å². The van der Waals surface area contributed by atoms with Crippen LogP contribution in [0.4, 0.5) is 0 Å². The summed E-state index contributed by atoms with van der Waals surface area (Å²) in [5, 5.41) is 1.09. The lowest BCUT2D eigenvalue weighted by Gasteiger charge is -2.18. The molecule has 0 aromatic heterocycles. The molecule has 1 rings (SSSR count). The van der Waals surface area contributed by atoms with Gasteiger partial charge in [-0.1, -0.05) is 69.9 Å². The Kier molecular flexibility index (Phi) is 7.35. The molecule has 18 heavy (non-hydrogen) atoms. The standard InChI is InChI=1S/C16H27OP/c1-3-5-10-14-18(17,15-11-6-4-2)16-12-8-7-9-13-16/h7-9,12-13H,3-6,10-11,14-15H2,1-2H3. The average Bonchev–Trinajstić information content (AvgIpc) is 2.40. The van der Waals surface area contributed by atoms with Crippen LogP contribution in [0.15, 0.2) is 30.3 Å². The van der Waals surface area contributed by atoms with Gasteiger partial charge in [-0.2, -0.15) is 0 Å². The molecule has 1 aromatic rings. The molecular formula is C16H27OP. The molecule has 1 aromatic carbocycles. The normalized spacial score (nSPS) is 11.7. The third-order valence-electron chi connectivity index (χ3n) is 3.47. The van der Waals surface area contributed by atoms with Gasteiger partial charge in [0.1, 0.15) is 7.14 Å². The number of unbranched alkanes of at least 4 members (excludes halogenated alkanes) is 4. The maximum atomic E-state index is 13.2. The third-order valence-corrected chi connectivity index (χ3v) is 6.79. The Morgan fingerprint density at radius 1 is 0.833 bits per heavy atom. The highest BCUT2D eigenvalue weighted by Crippen LogP contribution is 2.46. The molecule has 0 amide bonds. The zero-order chi connectivity index (χ0) is 13.3. The van der Waals surface area contributed by atoms with Crippen molar-refractivity contribution < 1.29 is 4.57 Å². The summed E-state index contributed by atoms with van der Waals surface area (Å²) in [6.45, 7) is 4.40. The predicted molar refractivity (Wildman–Crippen MR) is 82.5 cm³/mol. The van der Waals surface area contributed by atoms with Gasteiger partial charge in [0, 0.05) is 17.6 Å². The fourth-order valence-corrected chi connectivity index (χ4v) is 5.23. The van der Waals surface area contributed by atoms with E-state index in [1.165, 1.54) is 25.7 Å². The molecular weight excluding hydrogens is 239 g/mol. The van der Waals surface area contributed by atoms with Crippen molar-refractivity contribution in [2.45, 2.75) is 52.4 Å². The largest absolute Gasteiger partial charge is 0.319 e. The fourth-order valence-electron chi connectivity index (χ4n) is 2.30. The van der Waals surface area contributed by atoms with Gasteiger partial charge in [-0.15, -0.1) is 0 Å². The Balaban J connectivity index is 2.70. The van der Waals surface area contributed by atoms with Gasteiger partial charge in [0.05, 0.1) is 0 Å². The van der Waals surface area contributed by atoms with Crippen LogP contribution < -0.4 is 5.30 Å². The van der Waals surface area contributed by atoms with Gasteiger partial charge in [0.2, 0.25) is 0 Å². The van der Waals surface area contributed by atoms with Crippen molar-refractivity contribution in [3.8, 4) is 0 Å². The topological polar surface area (TPSA) is 17.1 Å². The molecule has 0 saturated heterocycles. The van der Waals surface area contributed by atoms with Crippen LogP contribution in [0.3, 0.4) is 0 Å². The average molecular weight is 266 g/mol. The van der Waals surface area contributed by atoms with Gasteiger partial charge in [0.25, 0.3) is 0 Å². The van der Waals surface area contributed by atoms with Crippen molar-refractivity contribution in [3.05, 3.63) is 30.3 Å². The van der Waals surface area contributed by atoms with Gasteiger partial charge < -0.3 is 4.57 Å². The summed E-state index contributed by atoms with van der Waals surface area (Å²) in [5.74, 6) is 0. The highest BCUT2D eigenvalue weighted by atomic mass is 31.2. The van der Waals surface area contributed by atoms with E-state index in [4.69, 9.17) is 0 Å². The van der Waals surface area contributed by atoms with Gasteiger partial charge in [-0.05, 0) is 12.8 Å². The summed E-state index contributed by atoms with van der Waals surface area (Å²) >= 11 is 0. The summed E-state index contributed by atoms with van der Waals surface area (Å²) in [6.07, 6.45) is 8.80. The minimum absolute atomic E-state index is 0.897. The Labute approximate surface area is 112 Å². The quantitative estimate of drug-likeness (QED) is 0.451. The van der Waals surface area contributed by atoms with Crippen LogP contribution in [-0.4, -0.2) is 12.3 Å². The van der Waals surface area contributed by atoms with Gasteiger partial charge >= 0.3 is 0 Å². The van der Waals surface area contributed by atoms with Crippen LogP contribution in [0.1, 0.15) is 52.4 Å². The summed E-state index contributed by atoms with van der Waals surface area (Å²) in [6, 6.07) is 10.1. The van der Waals surface area contributed by atoms with Crippen LogP contribution in [0.2, 0.25) is 0 Å². The van der Waals surface area contributed by atoms with E-state index in [0.29, 0.717) is 0 Å². The van der Waals surface area contributed by atoms with E-state index in [-0.39, 0.29) is 0 Å². The first kappa shape index (κ1) is 15.5. The maximum Gasteiger partial charge on any atom is 0.115 e. The smallest absolute Gasteiger partial charge is 0.115 e. The van der Waals surface area contributed by atoms with E-state index in [0.717, 1.165) is 30.5 Å². The summed E-state index contributed by atoms with van der Waals surface area (Å²) in [4.78, 5) is 0. The second-order valence-corrected chi connectivity index (χ2v) is 8.28. The number of hydrogen-bond donors (Lipinski definition) is 0. The SMILES string of the molecule is CCCCCP(=O)(CCCCC)c1ccccc1. The highest BCUT2D eigenvalue weighted by molar-refractivity contribution is 7.71. The zero-order valence-corrected chi connectivity index (χ0v) is 12.8. The van der Waals surface area contributed by atoms with E-state index < -0.39 is 7.14 Å². The van der Waals surface area contributed by atoms with E-state index in [9.17, 15) is 4.57 Å². The van der Waals surface area contributed by atoms with E-state index in [1.54, 1.807) is 0 Å². The minimum Gasteiger partial charge on any atom is -0.319 e. The molecule has 2 heteroatoms. The highest BCUT2D eigenvalue weighted by Gasteiger charge is 2.22. The maximum absolute atomic E-state index is 13.2. The molecule has 0 atom stereocenters. The van der Waals surface area contributed by atoms with Crippen molar-refractivity contribution in [1.29, 1.82) is 0 Å². The van der Waals surface area contributed by atoms with Crippen LogP contribution >= 0.6 is 7.14 Å². The molecule has 0 bridgehead atoms. The molecule has 0 N–H and O–H groups in total. The lowest BCUT2D eigenvalue weighted by Crippen LogP contribution is -2.11. The molecule has 0 saturated carbocycles. The first-order valence-corrected chi connectivity index (χ1v) is 9.44. The second-order valence-electron chi connectivity index (χ2n) is 5.09. The number of hydrogen-bond acceptors (Lipinski definition) is 1. The molecule has 0 fully saturated rings. The summed E-state index contributed by atoms with van der Waals surface area (Å²) < 4.78 is 13.2. The fraction of sp³-hybridized carbons (Fsp3) is 0.625. The molecule has 0 heterocycles. The number of rotatable bonds is 9. The van der Waals surface area contributed by atoms with Crippen LogP contribution in [0.5, 0.6) is 0 Å². The van der Waals surface area contributed by atoms with Crippen LogP contribution in [-0.2, 0) is 4.57 Å². The molecule has 1 nitrogen and oxygen atoms in total. The zero-order valence-electron chi connectivity index (χ0n) is 11.9. The molecule has 0 unspecified atom stereocenters. The molecule has 0 spiro atoms. The Morgan fingerprint density at radius 3 is 1.78 bits per heavy atom. The van der Waals surface area contributed by atoms with Gasteiger partial charge in [-0.25, -0.2) is 0 Å². The second kappa shape index (κ2) is 8.53.